The lowest BCUT2D eigenvalue weighted by Gasteiger charge is -2.20. The molecule has 3 atom stereocenters. The molecule has 1 aromatic rings. The molecule has 1 saturated carbocycles. The van der Waals surface area contributed by atoms with Crippen LogP contribution in [0.2, 0.25) is 0 Å². The molecule has 1 fully saturated rings. The SMILES string of the molecule is COc1cc(/C=N\NC(=S)N[C@@H]2C[C@@H]3C=C[C@@H]2C3)ccc1C. The van der Waals surface area contributed by atoms with E-state index in [-0.39, 0.29) is 0 Å². The summed E-state index contributed by atoms with van der Waals surface area (Å²) in [5, 5.41) is 8.14. The highest BCUT2D eigenvalue weighted by atomic mass is 32.1. The summed E-state index contributed by atoms with van der Waals surface area (Å²) in [6, 6.07) is 6.42. The molecule has 0 saturated heterocycles. The van der Waals surface area contributed by atoms with Gasteiger partial charge in [0.05, 0.1) is 13.3 Å². The van der Waals surface area contributed by atoms with Crippen LogP contribution in [0, 0.1) is 18.8 Å². The molecule has 5 heteroatoms. The highest BCUT2D eigenvalue weighted by Gasteiger charge is 2.35. The number of hydrogen-bond donors (Lipinski definition) is 2. The van der Waals surface area contributed by atoms with Crippen LogP contribution in [0.3, 0.4) is 0 Å². The van der Waals surface area contributed by atoms with Gasteiger partial charge in [0.1, 0.15) is 5.75 Å². The van der Waals surface area contributed by atoms with Crippen molar-refractivity contribution in [3.63, 3.8) is 0 Å². The van der Waals surface area contributed by atoms with Crippen LogP contribution < -0.4 is 15.5 Å². The zero-order valence-corrected chi connectivity index (χ0v) is 13.7. The summed E-state index contributed by atoms with van der Waals surface area (Å²) in [4.78, 5) is 0. The summed E-state index contributed by atoms with van der Waals surface area (Å²) >= 11 is 5.31. The number of aryl methyl sites for hydroxylation is 1. The molecular weight excluding hydrogens is 294 g/mol. The minimum absolute atomic E-state index is 0.449. The number of nitrogens with zero attached hydrogens (tertiary/aromatic N) is 1. The molecule has 4 nitrogen and oxygen atoms in total. The van der Waals surface area contributed by atoms with E-state index >= 15 is 0 Å². The zero-order chi connectivity index (χ0) is 15.5. The Morgan fingerprint density at radius 1 is 1.36 bits per heavy atom. The molecule has 0 radical (unpaired) electrons. The lowest BCUT2D eigenvalue weighted by atomic mass is 10.0. The van der Waals surface area contributed by atoms with Crippen LogP contribution in [-0.2, 0) is 0 Å². The Morgan fingerprint density at radius 2 is 2.23 bits per heavy atom. The van der Waals surface area contributed by atoms with Crippen molar-refractivity contribution in [1.82, 2.24) is 10.7 Å². The molecule has 0 heterocycles. The maximum atomic E-state index is 5.31. The summed E-state index contributed by atoms with van der Waals surface area (Å²) in [6.45, 7) is 2.01. The van der Waals surface area contributed by atoms with Crippen LogP contribution in [0.1, 0.15) is 24.0 Å². The number of hydrazone groups is 1. The second kappa shape index (κ2) is 6.48. The molecule has 1 aromatic carbocycles. The first kappa shape index (κ1) is 15.0. The average molecular weight is 315 g/mol. The molecule has 3 rings (SSSR count). The summed E-state index contributed by atoms with van der Waals surface area (Å²) in [6.07, 6.45) is 8.80. The number of benzene rings is 1. The third-order valence-electron chi connectivity index (χ3n) is 4.41. The summed E-state index contributed by atoms with van der Waals surface area (Å²) in [5.74, 6) is 2.21. The summed E-state index contributed by atoms with van der Waals surface area (Å²) in [7, 11) is 1.67. The maximum absolute atomic E-state index is 5.31. The Balaban J connectivity index is 1.51. The minimum Gasteiger partial charge on any atom is -0.496 e. The number of allylic oxidation sites excluding steroid dienone is 1. The van der Waals surface area contributed by atoms with E-state index in [0.717, 1.165) is 22.8 Å². The maximum Gasteiger partial charge on any atom is 0.187 e. The highest BCUT2D eigenvalue weighted by Crippen LogP contribution is 2.38. The smallest absolute Gasteiger partial charge is 0.187 e. The Labute approximate surface area is 136 Å². The van der Waals surface area contributed by atoms with Gasteiger partial charge >= 0.3 is 0 Å². The second-order valence-corrected chi connectivity index (χ2v) is 6.37. The standard InChI is InChI=1S/C17H21N3OS/c1-11-3-4-13(9-16(11)21-2)10-18-20-17(22)19-15-8-12-5-6-14(15)7-12/h3-6,9-10,12,14-15H,7-8H2,1-2H3,(H2,19,20,22)/b18-10-/t12-,14-,15-/m1/s1. The van der Waals surface area contributed by atoms with Crippen molar-refractivity contribution in [3.8, 4) is 5.75 Å². The Kier molecular flexibility index (Phi) is 4.43. The second-order valence-electron chi connectivity index (χ2n) is 5.96. The van der Waals surface area contributed by atoms with Crippen LogP contribution in [0.15, 0.2) is 35.5 Å². The summed E-state index contributed by atoms with van der Waals surface area (Å²) in [5.41, 5.74) is 4.97. The topological polar surface area (TPSA) is 45.6 Å². The summed E-state index contributed by atoms with van der Waals surface area (Å²) < 4.78 is 5.30. The van der Waals surface area contributed by atoms with Gasteiger partial charge in [0.25, 0.3) is 0 Å². The number of methoxy groups -OCH3 is 1. The molecule has 2 aliphatic carbocycles. The van der Waals surface area contributed by atoms with Crippen LogP contribution >= 0.6 is 12.2 Å². The lowest BCUT2D eigenvalue weighted by Crippen LogP contribution is -2.42. The van der Waals surface area contributed by atoms with Crippen LogP contribution in [0.5, 0.6) is 5.75 Å². The number of hydrogen-bond acceptors (Lipinski definition) is 3. The molecule has 0 aliphatic heterocycles. The third kappa shape index (κ3) is 3.30. The molecule has 116 valence electrons. The number of nitrogens with one attached hydrogen (secondary N) is 2. The van der Waals surface area contributed by atoms with Gasteiger partial charge < -0.3 is 10.1 Å². The van der Waals surface area contributed by atoms with Crippen LogP contribution in [0.4, 0.5) is 0 Å². The highest BCUT2D eigenvalue weighted by molar-refractivity contribution is 7.80. The lowest BCUT2D eigenvalue weighted by molar-refractivity contribution is 0.411. The fourth-order valence-electron chi connectivity index (χ4n) is 3.23. The van der Waals surface area contributed by atoms with E-state index in [0.29, 0.717) is 17.1 Å². The molecule has 2 bridgehead atoms. The minimum atomic E-state index is 0.449. The van der Waals surface area contributed by atoms with Gasteiger partial charge in [-0.1, -0.05) is 24.3 Å². The Bertz CT molecular complexity index is 626. The number of thiocarbonyl (C=S) groups is 1. The largest absolute Gasteiger partial charge is 0.496 e. The van der Waals surface area contributed by atoms with E-state index in [1.54, 1.807) is 13.3 Å². The number of ether oxygens (including phenoxy) is 1. The molecule has 0 unspecified atom stereocenters. The molecule has 2 aliphatic rings. The van der Waals surface area contributed by atoms with Crippen molar-refractivity contribution in [1.29, 1.82) is 0 Å². The Hall–Kier alpha value is -1.88. The van der Waals surface area contributed by atoms with E-state index in [1.165, 1.54) is 12.8 Å². The number of fused-ring (bicyclic) bond motifs is 2. The van der Waals surface area contributed by atoms with Crippen molar-refractivity contribution in [2.45, 2.75) is 25.8 Å². The first-order chi connectivity index (χ1) is 10.7. The van der Waals surface area contributed by atoms with Gasteiger partial charge in [-0.25, -0.2) is 0 Å². The van der Waals surface area contributed by atoms with E-state index in [4.69, 9.17) is 17.0 Å². The fourth-order valence-corrected chi connectivity index (χ4v) is 3.43. The first-order valence-electron chi connectivity index (χ1n) is 7.58. The van der Waals surface area contributed by atoms with Crippen molar-refractivity contribution in [3.05, 3.63) is 41.5 Å². The normalized spacial score (nSPS) is 25.6. The average Bonchev–Trinajstić information content (AvgIpc) is 3.11. The first-order valence-corrected chi connectivity index (χ1v) is 7.99. The van der Waals surface area contributed by atoms with Crippen LogP contribution in [0.25, 0.3) is 0 Å². The molecule has 2 N–H and O–H groups in total. The quantitative estimate of drug-likeness (QED) is 0.388. The monoisotopic (exact) mass is 315 g/mol. The van der Waals surface area contributed by atoms with Gasteiger partial charge in [0.15, 0.2) is 5.11 Å². The van der Waals surface area contributed by atoms with Crippen molar-refractivity contribution in [2.75, 3.05) is 7.11 Å². The predicted octanol–water partition coefficient (Wildman–Crippen LogP) is 2.77. The fraction of sp³-hybridized carbons (Fsp3) is 0.412. The molecule has 0 spiro atoms. The van der Waals surface area contributed by atoms with Gasteiger partial charge in [0.2, 0.25) is 0 Å². The predicted molar refractivity (Wildman–Crippen MR) is 93.3 cm³/mol. The van der Waals surface area contributed by atoms with Gasteiger partial charge in [0, 0.05) is 6.04 Å². The van der Waals surface area contributed by atoms with Gasteiger partial charge in [-0.2, -0.15) is 5.10 Å². The number of rotatable bonds is 4. The zero-order valence-electron chi connectivity index (χ0n) is 12.9. The van der Waals surface area contributed by atoms with E-state index in [9.17, 15) is 0 Å². The van der Waals surface area contributed by atoms with Gasteiger partial charge in [-0.15, -0.1) is 0 Å². The Morgan fingerprint density at radius 3 is 2.91 bits per heavy atom. The van der Waals surface area contributed by atoms with E-state index in [2.05, 4.69) is 28.0 Å². The van der Waals surface area contributed by atoms with Gasteiger partial charge in [-0.3, -0.25) is 5.43 Å². The van der Waals surface area contributed by atoms with Crippen LogP contribution in [-0.4, -0.2) is 24.5 Å². The molecule has 0 aromatic heterocycles. The van der Waals surface area contributed by atoms with E-state index in [1.807, 2.05) is 25.1 Å². The van der Waals surface area contributed by atoms with Crippen molar-refractivity contribution in [2.24, 2.45) is 16.9 Å². The van der Waals surface area contributed by atoms with E-state index < -0.39 is 0 Å². The van der Waals surface area contributed by atoms with Crippen molar-refractivity contribution >= 4 is 23.5 Å². The van der Waals surface area contributed by atoms with Crippen molar-refractivity contribution < 1.29 is 4.74 Å². The molecule has 22 heavy (non-hydrogen) atoms. The molecular formula is C17H21N3OS. The molecule has 0 amide bonds. The third-order valence-corrected chi connectivity index (χ3v) is 4.62. The van der Waals surface area contributed by atoms with Gasteiger partial charge in [-0.05, 0) is 61.0 Å².